The fourth-order valence-electron chi connectivity index (χ4n) is 7.31. The van der Waals surface area contributed by atoms with Gasteiger partial charge in [-0.3, -0.25) is 4.99 Å². The van der Waals surface area contributed by atoms with E-state index in [0.717, 1.165) is 96.7 Å². The van der Waals surface area contributed by atoms with Gasteiger partial charge in [-0.05, 0) is 145 Å². The molecular weight excluding hydrogens is 987 g/mol. The van der Waals surface area contributed by atoms with Crippen LogP contribution in [0, 0.1) is 164 Å². The molecule has 4 aliphatic rings. The minimum Gasteiger partial charge on any atom is -0.485 e. The molecule has 1 aromatic carbocycles. The number of oxazole rings is 1. The van der Waals surface area contributed by atoms with Crippen molar-refractivity contribution in [2.24, 2.45) is 47.9 Å². The van der Waals surface area contributed by atoms with Crippen LogP contribution in [0.4, 0.5) is 11.5 Å². The molecule has 8 rings (SSSR count). The second kappa shape index (κ2) is 30.6. The number of ether oxygens (including phenoxy) is 1. The smallest absolute Gasteiger partial charge is 0.244 e. The summed E-state index contributed by atoms with van der Waals surface area (Å²) in [6, 6.07) is 12.1. The Morgan fingerprint density at radius 3 is 1.85 bits per heavy atom. The summed E-state index contributed by atoms with van der Waals surface area (Å²) in [6.45, 7) is 6.43. The van der Waals surface area contributed by atoms with Crippen LogP contribution in [0.5, 0.6) is 5.75 Å². The maximum Gasteiger partial charge on any atom is 0.244 e. The molecule has 0 radical (unpaired) electrons. The van der Waals surface area contributed by atoms with Gasteiger partial charge in [0, 0.05) is 116 Å². The number of pyridine rings is 1. The summed E-state index contributed by atoms with van der Waals surface area (Å²) in [6.07, 6.45) is 8.67. The Morgan fingerprint density at radius 2 is 1.31 bits per heavy atom. The lowest BCUT2D eigenvalue weighted by Crippen LogP contribution is -2.51. The van der Waals surface area contributed by atoms with Crippen LogP contribution in [0.1, 0.15) is 76.1 Å². The summed E-state index contributed by atoms with van der Waals surface area (Å²) < 4.78 is 11.9. The quantitative estimate of drug-likeness (QED) is 0.0581. The molecule has 1 saturated heterocycles. The number of nitrogens with two attached hydrogens (primary N) is 2. The molecule has 7 heterocycles. The molecule has 3 aromatic heterocycles. The number of nitrogens with one attached hydrogen (secondary N) is 1. The van der Waals surface area contributed by atoms with Crippen molar-refractivity contribution in [2.75, 3.05) is 29.4 Å². The highest BCUT2D eigenvalue weighted by Gasteiger charge is 2.48. The molecule has 5 N–H and O–H groups in total. The first-order valence-electron chi connectivity index (χ1n) is 22.9. The second-order valence-corrected chi connectivity index (χ2v) is 15.0. The number of anilines is 2. The average molecular weight is 1040 g/mol. The summed E-state index contributed by atoms with van der Waals surface area (Å²) in [4.78, 5) is 37.9. The lowest BCUT2D eigenvalue weighted by molar-refractivity contribution is -0.546. The fraction of sp³-hybridized carbons (Fsp3) is 0.211. The number of nitro groups is 1. The number of fused-ring (bicyclic) bond motifs is 3. The number of piperidine rings is 1. The van der Waals surface area contributed by atoms with Gasteiger partial charge in [-0.1, -0.05) is 35.3 Å². The van der Waals surface area contributed by atoms with Gasteiger partial charge in [0.05, 0.1) is 47.1 Å². The number of aromatic nitrogens is 4. The Labute approximate surface area is 464 Å². The van der Waals surface area contributed by atoms with Crippen LogP contribution >= 0.6 is 0 Å². The highest BCUT2D eigenvalue weighted by molar-refractivity contribution is 6.11. The highest BCUT2D eigenvalue weighted by Crippen LogP contribution is 2.47. The van der Waals surface area contributed by atoms with Crippen LogP contribution < -0.4 is 31.6 Å². The van der Waals surface area contributed by atoms with Gasteiger partial charge in [0.1, 0.15) is 40.0 Å². The minimum atomic E-state index is -0.927. The van der Waals surface area contributed by atoms with E-state index in [2.05, 4.69) is 218 Å². The SMILES string of the molecule is CC#CC#CC#CC#CC#CC#CC#CC#CC#CC#CC#CC#CC#CC.NN=NN=NN=NN[N+](=O)[O-].N[C@@H]1c2ccccc2OC12CCN(c1cnc3c(n1)CN=C3N1CCCc3nc(-c4ncco4)ccc31)CC2.[HH].[HH].[HH].[HH].[HH].[HH].[HH].[HH].[HH].[HH]. The predicted molar refractivity (Wildman–Crippen MR) is 308 cm³/mol. The number of para-hydroxylation sites is 1. The van der Waals surface area contributed by atoms with Gasteiger partial charge in [0.2, 0.25) is 5.89 Å². The normalized spacial score (nSPS) is 13.5. The zero-order valence-electron chi connectivity index (χ0n) is 41.5. The van der Waals surface area contributed by atoms with Gasteiger partial charge < -0.3 is 40.6 Å². The molecule has 0 bridgehead atoms. The third-order valence-corrected chi connectivity index (χ3v) is 10.5. The van der Waals surface area contributed by atoms with Crippen molar-refractivity contribution in [2.45, 2.75) is 57.7 Å². The molecule has 0 aliphatic carbocycles. The number of benzene rings is 1. The number of amidine groups is 1. The first-order chi connectivity index (χ1) is 38.4. The fourth-order valence-corrected chi connectivity index (χ4v) is 7.31. The van der Waals surface area contributed by atoms with E-state index in [9.17, 15) is 10.1 Å². The number of hydrogen-bond donors (Lipinski definition) is 3. The number of nitrogens with zero attached hydrogens (tertiary/aromatic N) is 14. The number of aryl methyl sites for hydroxylation is 1. The van der Waals surface area contributed by atoms with Gasteiger partial charge in [-0.25, -0.2) is 19.9 Å². The molecule has 394 valence electrons. The largest absolute Gasteiger partial charge is 0.485 e. The topological polar surface area (TPSA) is 274 Å². The van der Waals surface area contributed by atoms with Crippen LogP contribution in [-0.2, 0) is 13.0 Å². The molecule has 1 fully saturated rings. The lowest BCUT2D eigenvalue weighted by Gasteiger charge is -2.41. The zero-order valence-corrected chi connectivity index (χ0v) is 41.5. The van der Waals surface area contributed by atoms with Crippen LogP contribution in [0.25, 0.3) is 11.6 Å². The van der Waals surface area contributed by atoms with E-state index >= 15 is 0 Å². The molecule has 21 heteroatoms. The molecule has 1 spiro atoms. The summed E-state index contributed by atoms with van der Waals surface area (Å²) in [5.74, 6) is 73.3. The van der Waals surface area contributed by atoms with Crippen molar-refractivity contribution in [1.29, 1.82) is 0 Å². The maximum absolute atomic E-state index is 9.49. The van der Waals surface area contributed by atoms with E-state index in [0.29, 0.717) is 12.4 Å². The van der Waals surface area contributed by atoms with Crippen LogP contribution in [0.2, 0.25) is 0 Å². The summed E-state index contributed by atoms with van der Waals surface area (Å²) in [5, 5.41) is 25.2. The van der Waals surface area contributed by atoms with Gasteiger partial charge in [0.15, 0.2) is 11.1 Å². The molecule has 0 unspecified atom stereocenters. The van der Waals surface area contributed by atoms with Crippen LogP contribution in [0.3, 0.4) is 0 Å². The van der Waals surface area contributed by atoms with E-state index in [4.69, 9.17) is 34.8 Å². The van der Waals surface area contributed by atoms with Gasteiger partial charge in [0.25, 0.3) is 0 Å². The predicted octanol–water partition coefficient (Wildman–Crippen LogP) is 6.94. The number of aliphatic imine (C=N–C) groups is 1. The van der Waals surface area contributed by atoms with Gasteiger partial charge in [-0.2, -0.15) is 0 Å². The first-order valence-corrected chi connectivity index (χ1v) is 22.9. The third-order valence-electron chi connectivity index (χ3n) is 10.5. The van der Waals surface area contributed by atoms with E-state index in [-0.39, 0.29) is 25.9 Å². The van der Waals surface area contributed by atoms with Gasteiger partial charge in [-0.15, -0.1) is 0 Å². The summed E-state index contributed by atoms with van der Waals surface area (Å²) in [5.41, 5.74) is 13.4. The standard InChI is InChI=1S/C29H28N8O2.C28H6.H3N9O2.10H2/c30-26-18-4-1-2-6-23(18)39-29(26)9-13-36(14-10-29)24-17-32-25-21(35-24)16-33-27(25)37-12-3-5-19-22(37)8-7-20(34-19)28-31-11-15-38-28;1-3-5-7-9-11-13-15-17-19-21-23-25-27-28-26-24-22-20-18-16-14-12-10-8-6-4-2;1-2-3-4-5-6-7-8-9(10)11;;;;;;;;;;/h1-2,4,6-8,11,15,17,26H,3,5,9-10,12-14,16,30H2;1-2H3;(H2,1,3,5,7)(H,2,4,6,8);10*1H/t26-;;;;;;;;;;;;/m1............/s1. The Hall–Kier alpha value is -12.2. The van der Waals surface area contributed by atoms with E-state index in [1.165, 1.54) is 5.53 Å². The zero-order chi connectivity index (χ0) is 54.9. The highest BCUT2D eigenvalue weighted by atomic mass is 16.7. The Bertz CT molecular complexity index is 3860. The molecule has 0 amide bonds. The average Bonchev–Trinajstić information content (AvgIpc) is 1.66. The first kappa shape index (κ1) is 55.1. The summed E-state index contributed by atoms with van der Waals surface area (Å²) in [7, 11) is 0. The molecule has 4 aliphatic heterocycles. The molecule has 78 heavy (non-hydrogen) atoms. The van der Waals surface area contributed by atoms with E-state index in [1.807, 2.05) is 30.5 Å². The molecule has 21 nitrogen and oxygen atoms in total. The number of hydrogen-bond acceptors (Lipinski definition) is 14. The van der Waals surface area contributed by atoms with Gasteiger partial charge >= 0.3 is 0 Å². The third kappa shape index (κ3) is 16.7. The lowest BCUT2D eigenvalue weighted by atomic mass is 9.83. The maximum atomic E-state index is 9.49. The molecule has 1 atom stereocenters. The van der Waals surface area contributed by atoms with Crippen molar-refractivity contribution in [3.8, 4) is 171 Å². The Kier molecular flexibility index (Phi) is 21.6. The van der Waals surface area contributed by atoms with Crippen molar-refractivity contribution in [1.82, 2.24) is 25.5 Å². The molecular formula is C57H57N17O4. The second-order valence-electron chi connectivity index (χ2n) is 15.0. The van der Waals surface area contributed by atoms with E-state index in [1.54, 1.807) is 26.3 Å². The van der Waals surface area contributed by atoms with Crippen molar-refractivity contribution in [3.05, 3.63) is 87.8 Å². The van der Waals surface area contributed by atoms with Crippen LogP contribution in [0.15, 0.2) is 95.8 Å². The number of rotatable bonds is 6. The molecule has 4 aromatic rings. The van der Waals surface area contributed by atoms with E-state index < -0.39 is 5.03 Å². The van der Waals surface area contributed by atoms with Crippen molar-refractivity contribution in [3.63, 3.8) is 0 Å². The monoisotopic (exact) mass is 1040 g/mol. The minimum absolute atomic E-state index is 0. The summed E-state index contributed by atoms with van der Waals surface area (Å²) >= 11 is 0. The van der Waals surface area contributed by atoms with Crippen molar-refractivity contribution < 1.29 is 28.5 Å². The Morgan fingerprint density at radius 1 is 0.731 bits per heavy atom. The van der Waals surface area contributed by atoms with Crippen LogP contribution in [-0.4, -0.2) is 56.0 Å². The number of hydrazine groups is 1. The molecule has 0 saturated carbocycles. The Balaban J connectivity index is -0.000000420. The van der Waals surface area contributed by atoms with Crippen molar-refractivity contribution >= 4 is 17.3 Å².